The number of hydrogen-bond donors (Lipinski definition) is 1. The molecule has 6 nitrogen and oxygen atoms in total. The van der Waals surface area contributed by atoms with Gasteiger partial charge >= 0.3 is 0 Å². The Morgan fingerprint density at radius 1 is 1.47 bits per heavy atom. The summed E-state index contributed by atoms with van der Waals surface area (Å²) in [7, 11) is 1.71. The molecule has 1 aromatic rings. The number of aromatic nitrogens is 2. The van der Waals surface area contributed by atoms with Gasteiger partial charge in [-0.1, -0.05) is 6.92 Å². The van der Waals surface area contributed by atoms with E-state index in [2.05, 4.69) is 22.2 Å². The average Bonchev–Trinajstić information content (AvgIpc) is 2.93. The topological polar surface area (TPSA) is 65.5 Å². The van der Waals surface area contributed by atoms with Crippen LogP contribution in [0.2, 0.25) is 0 Å². The van der Waals surface area contributed by atoms with Gasteiger partial charge in [-0.3, -0.25) is 0 Å². The molecule has 0 aliphatic carbocycles. The molecule has 2 rings (SSSR count). The van der Waals surface area contributed by atoms with Crippen molar-refractivity contribution in [3.8, 4) is 5.88 Å². The maximum atomic E-state index is 5.55. The number of nitrogens with one attached hydrogen (secondary N) is 1. The molecule has 1 N–H and O–H groups in total. The van der Waals surface area contributed by atoms with E-state index < -0.39 is 0 Å². The van der Waals surface area contributed by atoms with Crippen LogP contribution in [0.3, 0.4) is 0 Å². The second kappa shape index (κ2) is 6.68. The van der Waals surface area contributed by atoms with Gasteiger partial charge in [-0.15, -0.1) is 0 Å². The van der Waals surface area contributed by atoms with Crippen LogP contribution in [0.15, 0.2) is 12.4 Å². The molecule has 0 aromatic carbocycles. The van der Waals surface area contributed by atoms with Gasteiger partial charge in [0.15, 0.2) is 0 Å². The van der Waals surface area contributed by atoms with Gasteiger partial charge in [0.25, 0.3) is 0 Å². The fraction of sp³-hybridized carbons (Fsp3) is 0.692. The van der Waals surface area contributed by atoms with Gasteiger partial charge in [-0.25, -0.2) is 9.97 Å². The minimum Gasteiger partial charge on any atom is -0.478 e. The molecule has 0 radical (unpaired) electrons. The zero-order chi connectivity index (χ0) is 13.6. The number of rotatable bonds is 7. The van der Waals surface area contributed by atoms with Gasteiger partial charge in [0.2, 0.25) is 5.88 Å². The molecule has 1 unspecified atom stereocenters. The van der Waals surface area contributed by atoms with E-state index in [1.165, 1.54) is 6.33 Å². The summed E-state index contributed by atoms with van der Waals surface area (Å²) in [6.45, 7) is 4.73. The largest absolute Gasteiger partial charge is 0.478 e. The maximum absolute atomic E-state index is 5.55. The van der Waals surface area contributed by atoms with Crippen molar-refractivity contribution in [1.82, 2.24) is 9.97 Å². The van der Waals surface area contributed by atoms with Crippen molar-refractivity contribution < 1.29 is 14.2 Å². The number of anilines is 1. The SMILES string of the molecule is CCCOc1cc(NCC2(OC)CCOC2)ncn1. The number of ether oxygens (including phenoxy) is 3. The lowest BCUT2D eigenvalue weighted by Gasteiger charge is -2.26. The van der Waals surface area contributed by atoms with Crippen LogP contribution in [-0.4, -0.2) is 49.0 Å². The Hall–Kier alpha value is -1.40. The summed E-state index contributed by atoms with van der Waals surface area (Å²) in [4.78, 5) is 8.24. The molecule has 1 fully saturated rings. The predicted molar refractivity (Wildman–Crippen MR) is 71.5 cm³/mol. The summed E-state index contributed by atoms with van der Waals surface area (Å²) < 4.78 is 16.4. The van der Waals surface area contributed by atoms with Crippen molar-refractivity contribution >= 4 is 5.82 Å². The van der Waals surface area contributed by atoms with Gasteiger partial charge < -0.3 is 19.5 Å². The van der Waals surface area contributed by atoms with E-state index >= 15 is 0 Å². The van der Waals surface area contributed by atoms with Crippen LogP contribution in [0.5, 0.6) is 5.88 Å². The van der Waals surface area contributed by atoms with E-state index in [1.807, 2.05) is 0 Å². The van der Waals surface area contributed by atoms with E-state index in [1.54, 1.807) is 13.2 Å². The molecule has 2 heterocycles. The van der Waals surface area contributed by atoms with Crippen molar-refractivity contribution in [2.75, 3.05) is 38.8 Å². The molecule has 1 atom stereocenters. The number of hydrogen-bond acceptors (Lipinski definition) is 6. The standard InChI is InChI=1S/C13H21N3O3/c1-3-5-19-12-7-11(15-10-16-12)14-8-13(17-2)4-6-18-9-13/h7,10H,3-6,8-9H2,1-2H3,(H,14,15,16). The minimum absolute atomic E-state index is 0.255. The van der Waals surface area contributed by atoms with Crippen molar-refractivity contribution in [3.05, 3.63) is 12.4 Å². The number of nitrogens with zero attached hydrogens (tertiary/aromatic N) is 2. The molecule has 6 heteroatoms. The Bertz CT molecular complexity index is 394. The normalized spacial score (nSPS) is 22.4. The fourth-order valence-electron chi connectivity index (χ4n) is 1.93. The summed E-state index contributed by atoms with van der Waals surface area (Å²) in [6, 6.07) is 1.80. The van der Waals surface area contributed by atoms with Gasteiger partial charge in [0, 0.05) is 32.7 Å². The van der Waals surface area contributed by atoms with Crippen LogP contribution in [0.1, 0.15) is 19.8 Å². The van der Waals surface area contributed by atoms with Crippen LogP contribution in [0, 0.1) is 0 Å². The third-order valence-corrected chi connectivity index (χ3v) is 3.19. The van der Waals surface area contributed by atoms with E-state index in [-0.39, 0.29) is 5.60 Å². The summed E-state index contributed by atoms with van der Waals surface area (Å²) in [5, 5.41) is 3.26. The van der Waals surface area contributed by atoms with Gasteiger partial charge in [0.05, 0.1) is 13.2 Å². The zero-order valence-electron chi connectivity index (χ0n) is 11.5. The third kappa shape index (κ3) is 3.78. The van der Waals surface area contributed by atoms with Crippen LogP contribution in [0.25, 0.3) is 0 Å². The molecule has 0 spiro atoms. The van der Waals surface area contributed by atoms with E-state index in [0.717, 1.165) is 25.3 Å². The predicted octanol–water partition coefficient (Wildman–Crippen LogP) is 1.48. The smallest absolute Gasteiger partial charge is 0.218 e. The van der Waals surface area contributed by atoms with Crippen molar-refractivity contribution in [1.29, 1.82) is 0 Å². The van der Waals surface area contributed by atoms with Crippen LogP contribution >= 0.6 is 0 Å². The van der Waals surface area contributed by atoms with E-state index in [9.17, 15) is 0 Å². The minimum atomic E-state index is -0.255. The van der Waals surface area contributed by atoms with Gasteiger partial charge in [0.1, 0.15) is 17.7 Å². The quantitative estimate of drug-likeness (QED) is 0.807. The molecular formula is C13H21N3O3. The monoisotopic (exact) mass is 267 g/mol. The van der Waals surface area contributed by atoms with Crippen LogP contribution < -0.4 is 10.1 Å². The Kier molecular flexibility index (Phi) is 4.93. The fourth-order valence-corrected chi connectivity index (χ4v) is 1.93. The summed E-state index contributed by atoms with van der Waals surface area (Å²) in [5.41, 5.74) is -0.255. The van der Waals surface area contributed by atoms with Crippen LogP contribution in [-0.2, 0) is 9.47 Å². The summed E-state index contributed by atoms with van der Waals surface area (Å²) in [6.07, 6.45) is 3.34. The van der Waals surface area contributed by atoms with Gasteiger partial charge in [-0.2, -0.15) is 0 Å². The van der Waals surface area contributed by atoms with Crippen LogP contribution in [0.4, 0.5) is 5.82 Å². The average molecular weight is 267 g/mol. The van der Waals surface area contributed by atoms with E-state index in [0.29, 0.717) is 25.6 Å². The first-order chi connectivity index (χ1) is 9.28. The molecular weight excluding hydrogens is 246 g/mol. The highest BCUT2D eigenvalue weighted by molar-refractivity contribution is 5.37. The second-order valence-corrected chi connectivity index (χ2v) is 4.63. The molecule has 19 heavy (non-hydrogen) atoms. The first-order valence-electron chi connectivity index (χ1n) is 6.59. The maximum Gasteiger partial charge on any atom is 0.218 e. The first-order valence-corrected chi connectivity index (χ1v) is 6.59. The lowest BCUT2D eigenvalue weighted by Crippen LogP contribution is -2.39. The molecule has 1 aliphatic heterocycles. The lowest BCUT2D eigenvalue weighted by molar-refractivity contribution is -0.00625. The zero-order valence-corrected chi connectivity index (χ0v) is 11.5. The van der Waals surface area contributed by atoms with Gasteiger partial charge in [-0.05, 0) is 6.42 Å². The van der Waals surface area contributed by atoms with Crippen molar-refractivity contribution in [3.63, 3.8) is 0 Å². The summed E-state index contributed by atoms with van der Waals surface area (Å²) in [5.74, 6) is 1.33. The first kappa shape index (κ1) is 14.0. The molecule has 0 saturated carbocycles. The Morgan fingerprint density at radius 3 is 3.05 bits per heavy atom. The Balaban J connectivity index is 1.91. The highest BCUT2D eigenvalue weighted by Gasteiger charge is 2.34. The highest BCUT2D eigenvalue weighted by Crippen LogP contribution is 2.23. The Labute approximate surface area is 113 Å². The molecule has 1 aliphatic rings. The molecule has 0 amide bonds. The van der Waals surface area contributed by atoms with Crippen molar-refractivity contribution in [2.24, 2.45) is 0 Å². The number of methoxy groups -OCH3 is 1. The molecule has 0 bridgehead atoms. The second-order valence-electron chi connectivity index (χ2n) is 4.63. The van der Waals surface area contributed by atoms with E-state index in [4.69, 9.17) is 14.2 Å². The molecule has 106 valence electrons. The summed E-state index contributed by atoms with van der Waals surface area (Å²) >= 11 is 0. The third-order valence-electron chi connectivity index (χ3n) is 3.19. The highest BCUT2D eigenvalue weighted by atomic mass is 16.5. The van der Waals surface area contributed by atoms with Crippen molar-refractivity contribution in [2.45, 2.75) is 25.4 Å². The molecule has 1 saturated heterocycles. The lowest BCUT2D eigenvalue weighted by atomic mass is 10.0. The Morgan fingerprint density at radius 2 is 2.37 bits per heavy atom. The molecule has 1 aromatic heterocycles.